The number of esters is 1. The molecule has 8 heteroatoms. The Balaban J connectivity index is 1.35. The molecule has 28 heavy (non-hydrogen) atoms. The second-order valence-electron chi connectivity index (χ2n) is 6.36. The van der Waals surface area contributed by atoms with Crippen LogP contribution in [0.2, 0.25) is 0 Å². The lowest BCUT2D eigenvalue weighted by Crippen LogP contribution is -2.39. The predicted octanol–water partition coefficient (Wildman–Crippen LogP) is 1.04. The van der Waals surface area contributed by atoms with Crippen molar-refractivity contribution in [3.63, 3.8) is 0 Å². The maximum atomic E-state index is 12.2. The van der Waals surface area contributed by atoms with Gasteiger partial charge < -0.3 is 19.8 Å². The highest BCUT2D eigenvalue weighted by Gasteiger charge is 2.16. The van der Waals surface area contributed by atoms with Crippen LogP contribution in [0.3, 0.4) is 0 Å². The molecule has 1 aromatic carbocycles. The van der Waals surface area contributed by atoms with Gasteiger partial charge in [-0.25, -0.2) is 0 Å². The van der Waals surface area contributed by atoms with E-state index >= 15 is 0 Å². The van der Waals surface area contributed by atoms with Crippen LogP contribution in [-0.2, 0) is 27.2 Å². The third-order valence-electron chi connectivity index (χ3n) is 4.37. The molecule has 1 aliphatic carbocycles. The summed E-state index contributed by atoms with van der Waals surface area (Å²) in [4.78, 5) is 47.1. The quantitative estimate of drug-likeness (QED) is 0.519. The SMILES string of the molecule is O=C(CNC(=O)c1ccco1)NCC(=O)OCC(=O)c1ccc2c(c1)CCC2. The Kier molecular flexibility index (Phi) is 6.21. The molecule has 8 nitrogen and oxygen atoms in total. The van der Waals surface area contributed by atoms with E-state index in [2.05, 4.69) is 10.6 Å². The Bertz CT molecular complexity index is 888. The summed E-state index contributed by atoms with van der Waals surface area (Å²) in [5, 5.41) is 4.66. The third-order valence-corrected chi connectivity index (χ3v) is 4.37. The van der Waals surface area contributed by atoms with Crippen molar-refractivity contribution in [1.29, 1.82) is 0 Å². The number of furan rings is 1. The van der Waals surface area contributed by atoms with Crippen LogP contribution in [0.25, 0.3) is 0 Å². The van der Waals surface area contributed by atoms with E-state index in [9.17, 15) is 19.2 Å². The summed E-state index contributed by atoms with van der Waals surface area (Å²) in [6.07, 6.45) is 4.41. The van der Waals surface area contributed by atoms with Crippen molar-refractivity contribution in [1.82, 2.24) is 10.6 Å². The van der Waals surface area contributed by atoms with E-state index in [-0.39, 0.29) is 24.7 Å². The minimum Gasteiger partial charge on any atom is -0.459 e. The molecule has 3 rings (SSSR count). The average molecular weight is 384 g/mol. The van der Waals surface area contributed by atoms with E-state index in [1.807, 2.05) is 12.1 Å². The number of hydrogen-bond donors (Lipinski definition) is 2. The number of rotatable bonds is 8. The first-order valence-corrected chi connectivity index (χ1v) is 8.92. The smallest absolute Gasteiger partial charge is 0.325 e. The Hall–Kier alpha value is -3.42. The number of ether oxygens (including phenoxy) is 1. The summed E-state index contributed by atoms with van der Waals surface area (Å²) < 4.78 is 9.80. The van der Waals surface area contributed by atoms with Crippen LogP contribution in [0.1, 0.15) is 38.5 Å². The molecule has 0 aliphatic heterocycles. The van der Waals surface area contributed by atoms with Crippen LogP contribution in [0.4, 0.5) is 0 Å². The first-order valence-electron chi connectivity index (χ1n) is 8.92. The number of aryl methyl sites for hydroxylation is 2. The van der Waals surface area contributed by atoms with Gasteiger partial charge in [-0.3, -0.25) is 19.2 Å². The van der Waals surface area contributed by atoms with Crippen LogP contribution in [0.5, 0.6) is 0 Å². The van der Waals surface area contributed by atoms with Gasteiger partial charge in [0.15, 0.2) is 18.2 Å². The molecule has 0 saturated carbocycles. The van der Waals surface area contributed by atoms with Gasteiger partial charge in [0.25, 0.3) is 5.91 Å². The third kappa shape index (κ3) is 5.06. The van der Waals surface area contributed by atoms with Gasteiger partial charge in [0.1, 0.15) is 6.54 Å². The molecule has 2 aromatic rings. The average Bonchev–Trinajstić information content (AvgIpc) is 3.39. The summed E-state index contributed by atoms with van der Waals surface area (Å²) in [5.41, 5.74) is 2.94. The molecular weight excluding hydrogens is 364 g/mol. The van der Waals surface area contributed by atoms with Crippen LogP contribution < -0.4 is 10.6 Å². The molecule has 0 atom stereocenters. The van der Waals surface area contributed by atoms with Gasteiger partial charge in [0.2, 0.25) is 5.91 Å². The molecule has 1 aromatic heterocycles. The summed E-state index contributed by atoms with van der Waals surface area (Å²) >= 11 is 0. The van der Waals surface area contributed by atoms with E-state index in [4.69, 9.17) is 9.15 Å². The number of carbonyl (C=O) groups excluding carboxylic acids is 4. The normalized spacial score (nSPS) is 12.1. The van der Waals surface area contributed by atoms with Gasteiger partial charge in [0.05, 0.1) is 12.8 Å². The van der Waals surface area contributed by atoms with Gasteiger partial charge in [0, 0.05) is 5.56 Å². The lowest BCUT2D eigenvalue weighted by molar-refractivity contribution is -0.142. The van der Waals surface area contributed by atoms with Gasteiger partial charge in [-0.05, 0) is 48.6 Å². The first kappa shape index (κ1) is 19.3. The van der Waals surface area contributed by atoms with Crippen molar-refractivity contribution in [3.8, 4) is 0 Å². The summed E-state index contributed by atoms with van der Waals surface area (Å²) in [5.74, 6) is -2.05. The Morgan fingerprint density at radius 2 is 1.82 bits per heavy atom. The topological polar surface area (TPSA) is 115 Å². The van der Waals surface area contributed by atoms with Crippen molar-refractivity contribution in [2.45, 2.75) is 19.3 Å². The van der Waals surface area contributed by atoms with E-state index in [0.717, 1.165) is 19.3 Å². The monoisotopic (exact) mass is 384 g/mol. The second-order valence-corrected chi connectivity index (χ2v) is 6.36. The summed E-state index contributed by atoms with van der Waals surface area (Å²) in [7, 11) is 0. The number of hydrogen-bond acceptors (Lipinski definition) is 6. The fourth-order valence-corrected chi connectivity index (χ4v) is 2.91. The van der Waals surface area contributed by atoms with Gasteiger partial charge >= 0.3 is 5.97 Å². The number of amides is 2. The first-order chi connectivity index (χ1) is 13.5. The number of carbonyl (C=O) groups is 4. The standard InChI is InChI=1S/C20H20N2O6/c23-16(15-7-6-13-3-1-4-14(13)9-15)12-28-19(25)11-21-18(24)10-22-20(26)17-5-2-8-27-17/h2,5-9H,1,3-4,10-12H2,(H,21,24)(H,22,26). The zero-order valence-electron chi connectivity index (χ0n) is 15.2. The van der Waals surface area contributed by atoms with E-state index in [1.165, 1.54) is 23.5 Å². The van der Waals surface area contributed by atoms with Gasteiger partial charge in [-0.2, -0.15) is 0 Å². The van der Waals surface area contributed by atoms with Gasteiger partial charge in [-0.15, -0.1) is 0 Å². The molecule has 1 aliphatic rings. The summed E-state index contributed by atoms with van der Waals surface area (Å²) in [6.45, 7) is -1.10. The van der Waals surface area contributed by atoms with E-state index in [1.54, 1.807) is 12.1 Å². The fraction of sp³-hybridized carbons (Fsp3) is 0.300. The van der Waals surface area contributed by atoms with Crippen molar-refractivity contribution < 1.29 is 28.3 Å². The van der Waals surface area contributed by atoms with Crippen molar-refractivity contribution >= 4 is 23.6 Å². The van der Waals surface area contributed by atoms with Crippen molar-refractivity contribution in [3.05, 3.63) is 59.0 Å². The van der Waals surface area contributed by atoms with Crippen LogP contribution in [0.15, 0.2) is 41.0 Å². The molecule has 2 N–H and O–H groups in total. The van der Waals surface area contributed by atoms with Crippen LogP contribution >= 0.6 is 0 Å². The van der Waals surface area contributed by atoms with Crippen LogP contribution in [0, 0.1) is 0 Å². The molecule has 0 spiro atoms. The zero-order chi connectivity index (χ0) is 19.9. The Labute approximate surface area is 161 Å². The molecule has 2 amide bonds. The molecule has 0 radical (unpaired) electrons. The second kappa shape index (κ2) is 8.98. The fourth-order valence-electron chi connectivity index (χ4n) is 2.91. The minimum absolute atomic E-state index is 0.0808. The van der Waals surface area contributed by atoms with Gasteiger partial charge in [-0.1, -0.05) is 12.1 Å². The zero-order valence-corrected chi connectivity index (χ0v) is 15.2. The molecular formula is C20H20N2O6. The van der Waals surface area contributed by atoms with Crippen molar-refractivity contribution in [2.75, 3.05) is 19.7 Å². The molecule has 0 fully saturated rings. The Morgan fingerprint density at radius 3 is 2.61 bits per heavy atom. The number of benzene rings is 1. The molecule has 0 saturated heterocycles. The largest absolute Gasteiger partial charge is 0.459 e. The molecule has 0 bridgehead atoms. The minimum atomic E-state index is -0.736. The number of nitrogens with one attached hydrogen (secondary N) is 2. The van der Waals surface area contributed by atoms with E-state index in [0.29, 0.717) is 5.56 Å². The number of Topliss-reactive ketones (excluding diaryl/α,β-unsaturated/α-hetero) is 1. The maximum Gasteiger partial charge on any atom is 0.325 e. The Morgan fingerprint density at radius 1 is 1.00 bits per heavy atom. The van der Waals surface area contributed by atoms with Crippen LogP contribution in [-0.4, -0.2) is 43.3 Å². The molecule has 146 valence electrons. The highest BCUT2D eigenvalue weighted by Crippen LogP contribution is 2.22. The van der Waals surface area contributed by atoms with E-state index < -0.39 is 24.3 Å². The predicted molar refractivity (Wildman–Crippen MR) is 97.8 cm³/mol. The highest BCUT2D eigenvalue weighted by atomic mass is 16.5. The van der Waals surface area contributed by atoms with Crippen molar-refractivity contribution in [2.24, 2.45) is 0 Å². The highest BCUT2D eigenvalue weighted by molar-refractivity contribution is 5.98. The maximum absolute atomic E-state index is 12.2. The summed E-state index contributed by atoms with van der Waals surface area (Å²) in [6, 6.07) is 8.54. The lowest BCUT2D eigenvalue weighted by atomic mass is 10.0. The number of ketones is 1. The molecule has 0 unspecified atom stereocenters. The number of fused-ring (bicyclic) bond motifs is 1. The molecule has 1 heterocycles. The lowest BCUT2D eigenvalue weighted by Gasteiger charge is -2.08.